The zero-order chi connectivity index (χ0) is 42.4. The topological polar surface area (TPSA) is 166 Å². The summed E-state index contributed by atoms with van der Waals surface area (Å²) in [5.74, 6) is -0.524. The number of nitrogens with one attached hydrogen (secondary N) is 1. The lowest BCUT2D eigenvalue weighted by Gasteiger charge is -2.53. The van der Waals surface area contributed by atoms with Crippen LogP contribution in [0.2, 0.25) is 0 Å². The van der Waals surface area contributed by atoms with Crippen molar-refractivity contribution in [2.24, 2.45) is 22.7 Å². The highest BCUT2D eigenvalue weighted by molar-refractivity contribution is 5.96. The van der Waals surface area contributed by atoms with Gasteiger partial charge in [0, 0.05) is 19.4 Å². The zero-order valence-electron chi connectivity index (χ0n) is 36.0. The Hall–Kier alpha value is -3.40. The second kappa shape index (κ2) is 15.4. The van der Waals surface area contributed by atoms with Gasteiger partial charge >= 0.3 is 11.9 Å². The number of likely N-dealkylation sites (tertiary alicyclic amines) is 1. The van der Waals surface area contributed by atoms with Gasteiger partial charge in [-0.2, -0.15) is 5.06 Å². The van der Waals surface area contributed by atoms with Crippen LogP contribution < -0.4 is 5.32 Å². The summed E-state index contributed by atoms with van der Waals surface area (Å²) in [5.41, 5.74) is 1.87. The molecule has 328 valence electrons. The van der Waals surface area contributed by atoms with Gasteiger partial charge < -0.3 is 39.0 Å². The first-order chi connectivity index (χ1) is 28.5. The summed E-state index contributed by atoms with van der Waals surface area (Å²) >= 11 is 0. The molecule has 14 heteroatoms. The van der Waals surface area contributed by atoms with Gasteiger partial charge in [-0.05, 0) is 107 Å². The number of aliphatic hydroxyl groups excluding tert-OH is 1. The number of amides is 2. The molecule has 2 bridgehead atoms. The Kier molecular flexibility index (Phi) is 10.8. The lowest BCUT2D eigenvalue weighted by molar-refractivity contribution is -0.204. The minimum atomic E-state index is -1.39. The summed E-state index contributed by atoms with van der Waals surface area (Å²) < 4.78 is 29.6. The zero-order valence-corrected chi connectivity index (χ0v) is 36.0. The van der Waals surface area contributed by atoms with E-state index in [4.69, 9.17) is 28.5 Å². The molecule has 5 heterocycles. The normalized spacial score (nSPS) is 38.9. The van der Waals surface area contributed by atoms with Gasteiger partial charge in [-0.1, -0.05) is 49.8 Å². The highest BCUT2D eigenvalue weighted by Gasteiger charge is 2.75. The summed E-state index contributed by atoms with van der Waals surface area (Å²) in [6, 6.07) is 5.73. The van der Waals surface area contributed by atoms with Crippen molar-refractivity contribution in [3.05, 3.63) is 41.0 Å². The Labute approximate surface area is 352 Å². The lowest BCUT2D eigenvalue weighted by Crippen LogP contribution is -2.70. The third-order valence-corrected chi connectivity index (χ3v) is 15.0. The van der Waals surface area contributed by atoms with Gasteiger partial charge in [0.05, 0.1) is 30.9 Å². The maximum atomic E-state index is 15.2. The van der Waals surface area contributed by atoms with Crippen LogP contribution in [0.5, 0.6) is 0 Å². The van der Waals surface area contributed by atoms with E-state index in [0.29, 0.717) is 42.7 Å². The number of epoxide rings is 1. The molecule has 5 aliphatic heterocycles. The van der Waals surface area contributed by atoms with Crippen LogP contribution in [-0.4, -0.2) is 119 Å². The molecule has 8 aliphatic rings. The molecule has 3 saturated carbocycles. The van der Waals surface area contributed by atoms with E-state index >= 15 is 4.79 Å². The van der Waals surface area contributed by atoms with Gasteiger partial charge in [-0.25, -0.2) is 0 Å². The first-order valence-corrected chi connectivity index (χ1v) is 22.3. The Morgan fingerprint density at radius 3 is 2.55 bits per heavy atom. The van der Waals surface area contributed by atoms with Crippen LogP contribution in [0.15, 0.2) is 29.8 Å². The molecule has 8 fully saturated rings. The standard InChI is InChI=1S/C46H63N3O11/c1-43(2,3)59-35(51)16-14-29(24-50)47-40(52)32-8-7-19-48(32)42(54)46-22-33-36-37(56-25-55-36)39(46)60-49(38(46)41(53)57-33)23-27-11-9-26(10-12-27)20-28-13-15-34-45(6,58-34)18-17-31-30(28)21-44(31,4)5/h9-12,20,29-34,36-39,50H,7-8,13-19,21-25H2,1-6H3,(H,47,52)/t29-,30+,31+,32+,33+,34?,36-,37-,38-,39+,45+,46-/m0/s1. The van der Waals surface area contributed by atoms with Crippen LogP contribution in [0.3, 0.4) is 0 Å². The van der Waals surface area contributed by atoms with Crippen LogP contribution in [0.25, 0.3) is 6.08 Å². The van der Waals surface area contributed by atoms with E-state index in [1.165, 1.54) is 18.4 Å². The number of rotatable bonds is 10. The molecule has 5 saturated heterocycles. The molecule has 60 heavy (non-hydrogen) atoms. The summed E-state index contributed by atoms with van der Waals surface area (Å²) in [4.78, 5) is 63.8. The Morgan fingerprint density at radius 1 is 1.05 bits per heavy atom. The fourth-order valence-electron chi connectivity index (χ4n) is 11.9. The number of allylic oxidation sites excluding steroid dienone is 1. The van der Waals surface area contributed by atoms with Crippen molar-refractivity contribution in [1.82, 2.24) is 15.3 Å². The molecule has 0 aromatic heterocycles. The monoisotopic (exact) mass is 833 g/mol. The fourth-order valence-corrected chi connectivity index (χ4v) is 11.9. The maximum absolute atomic E-state index is 15.2. The summed E-state index contributed by atoms with van der Waals surface area (Å²) in [5, 5.41) is 14.6. The van der Waals surface area contributed by atoms with Gasteiger partial charge in [0.25, 0.3) is 0 Å². The molecule has 1 unspecified atom stereocenters. The van der Waals surface area contributed by atoms with Gasteiger partial charge in [0.15, 0.2) is 6.04 Å². The number of ether oxygens (including phenoxy) is 5. The molecule has 14 nitrogen and oxygen atoms in total. The number of carbonyl (C=O) groups excluding carboxylic acids is 4. The molecule has 3 aliphatic carbocycles. The van der Waals surface area contributed by atoms with Crippen molar-refractivity contribution in [3.63, 3.8) is 0 Å². The molecule has 1 aromatic rings. The predicted molar refractivity (Wildman–Crippen MR) is 216 cm³/mol. The first-order valence-electron chi connectivity index (χ1n) is 22.3. The number of fused-ring (bicyclic) bond motifs is 6. The second-order valence-corrected chi connectivity index (χ2v) is 20.6. The van der Waals surface area contributed by atoms with Crippen molar-refractivity contribution in [3.8, 4) is 0 Å². The highest BCUT2D eigenvalue weighted by Crippen LogP contribution is 2.60. The maximum Gasteiger partial charge on any atom is 0.327 e. The van der Waals surface area contributed by atoms with Gasteiger partial charge in [-0.3, -0.25) is 24.0 Å². The number of benzene rings is 1. The Morgan fingerprint density at radius 2 is 1.82 bits per heavy atom. The van der Waals surface area contributed by atoms with E-state index in [1.54, 1.807) is 30.7 Å². The molecule has 0 spiro atoms. The number of hydrogen-bond donors (Lipinski definition) is 2. The molecule has 9 rings (SSSR count). The van der Waals surface area contributed by atoms with E-state index < -0.39 is 71.4 Å². The van der Waals surface area contributed by atoms with Crippen molar-refractivity contribution < 1.29 is 52.8 Å². The van der Waals surface area contributed by atoms with Crippen LogP contribution in [-0.2, 0) is 54.2 Å². The van der Waals surface area contributed by atoms with E-state index in [2.05, 4.69) is 56.4 Å². The van der Waals surface area contributed by atoms with Crippen LogP contribution in [0.4, 0.5) is 0 Å². The average Bonchev–Trinajstić information content (AvgIpc) is 3.65. The largest absolute Gasteiger partial charge is 0.460 e. The summed E-state index contributed by atoms with van der Waals surface area (Å²) in [7, 11) is 0. The lowest BCUT2D eigenvalue weighted by atomic mass is 9.52. The SMILES string of the molecule is CC(C)(C)OC(=O)CC[C@@H](CO)NC(=O)[C@H]1CCCN1C(=O)[C@@]12C[C@H]3OC(=O)[C@@H]1N(Cc1ccc(C=C4CCC5O[C@]5(C)CC[C@@H]5[C@@H]4CC5(C)C)cc1)O[C@@H]2[C@H]1OCO[C@H]13. The van der Waals surface area contributed by atoms with E-state index in [9.17, 15) is 19.5 Å². The van der Waals surface area contributed by atoms with E-state index in [-0.39, 0.29) is 50.7 Å². The number of aliphatic hydroxyl groups is 1. The van der Waals surface area contributed by atoms with Crippen molar-refractivity contribution in [2.75, 3.05) is 19.9 Å². The van der Waals surface area contributed by atoms with Crippen LogP contribution in [0, 0.1) is 22.7 Å². The third-order valence-electron chi connectivity index (χ3n) is 15.0. The van der Waals surface area contributed by atoms with Gasteiger partial charge in [0.1, 0.15) is 48.3 Å². The Bertz CT molecular complexity index is 1900. The highest BCUT2D eigenvalue weighted by atomic mass is 16.8. The number of nitrogens with zero attached hydrogens (tertiary/aromatic N) is 2. The smallest absolute Gasteiger partial charge is 0.327 e. The molecular weight excluding hydrogens is 771 g/mol. The van der Waals surface area contributed by atoms with Crippen LogP contribution in [0.1, 0.15) is 117 Å². The number of esters is 2. The van der Waals surface area contributed by atoms with Gasteiger partial charge in [0.2, 0.25) is 11.8 Å². The predicted octanol–water partition coefficient (Wildman–Crippen LogP) is 4.60. The minimum Gasteiger partial charge on any atom is -0.460 e. The first kappa shape index (κ1) is 41.9. The Balaban J connectivity index is 0.928. The molecule has 1 aromatic carbocycles. The van der Waals surface area contributed by atoms with Gasteiger partial charge in [-0.15, -0.1) is 0 Å². The van der Waals surface area contributed by atoms with Crippen molar-refractivity contribution in [2.45, 2.75) is 172 Å². The molecular formula is C46H63N3O11. The second-order valence-electron chi connectivity index (χ2n) is 20.6. The average molecular weight is 834 g/mol. The van der Waals surface area contributed by atoms with Crippen molar-refractivity contribution >= 4 is 29.8 Å². The van der Waals surface area contributed by atoms with Crippen LogP contribution >= 0.6 is 0 Å². The third kappa shape index (κ3) is 7.50. The van der Waals surface area contributed by atoms with E-state index in [0.717, 1.165) is 30.4 Å². The van der Waals surface area contributed by atoms with E-state index in [1.807, 2.05) is 0 Å². The number of carbonyl (C=O) groups is 4. The van der Waals surface area contributed by atoms with Crippen molar-refractivity contribution in [1.29, 1.82) is 0 Å². The summed E-state index contributed by atoms with van der Waals surface area (Å²) in [6.45, 7) is 12.6. The molecule has 2 N–H and O–H groups in total. The minimum absolute atomic E-state index is 0.0121. The molecule has 0 radical (unpaired) electrons. The number of hydrogen-bond acceptors (Lipinski definition) is 12. The quantitative estimate of drug-likeness (QED) is 0.249. The fraction of sp³-hybridized carbons (Fsp3) is 0.739. The number of hydroxylamine groups is 2. The molecule has 2 amide bonds. The summed E-state index contributed by atoms with van der Waals surface area (Å²) in [6.07, 6.45) is 6.88. The molecule has 12 atom stereocenters.